The van der Waals surface area contributed by atoms with Gasteiger partial charge in [0, 0.05) is 29.2 Å². The first-order chi connectivity index (χ1) is 8.66. The van der Waals surface area contributed by atoms with Crippen molar-refractivity contribution in [3.63, 3.8) is 0 Å². The van der Waals surface area contributed by atoms with E-state index in [9.17, 15) is 0 Å². The fraction of sp³-hybridized carbons (Fsp3) is 0.154. The minimum Gasteiger partial charge on any atom is -0.340 e. The fourth-order valence-corrected chi connectivity index (χ4v) is 2.43. The second-order valence-corrected chi connectivity index (χ2v) is 4.97. The highest BCUT2D eigenvalue weighted by Gasteiger charge is 2.08. The van der Waals surface area contributed by atoms with Gasteiger partial charge in [-0.2, -0.15) is 0 Å². The van der Waals surface area contributed by atoms with Crippen molar-refractivity contribution in [1.82, 2.24) is 14.1 Å². The highest BCUT2D eigenvalue weighted by atomic mass is 35.5. The van der Waals surface area contributed by atoms with E-state index in [0.29, 0.717) is 11.7 Å². The van der Waals surface area contributed by atoms with E-state index < -0.39 is 0 Å². The van der Waals surface area contributed by atoms with Crippen LogP contribution in [0, 0.1) is 0 Å². The fourth-order valence-electron chi connectivity index (χ4n) is 2.05. The van der Waals surface area contributed by atoms with Crippen molar-refractivity contribution in [2.75, 3.05) is 0 Å². The van der Waals surface area contributed by atoms with E-state index in [0.717, 1.165) is 21.7 Å². The molecule has 0 unspecified atom stereocenters. The SMILES string of the molecule is Cn1c(Cl)cnc1Cn1ccc2c(Cl)cccc21. The number of nitrogens with zero attached hydrogens (tertiary/aromatic N) is 3. The molecule has 0 saturated heterocycles. The van der Waals surface area contributed by atoms with Crippen molar-refractivity contribution in [2.24, 2.45) is 7.05 Å². The van der Waals surface area contributed by atoms with E-state index in [1.54, 1.807) is 6.20 Å². The molecule has 0 N–H and O–H groups in total. The summed E-state index contributed by atoms with van der Waals surface area (Å²) in [6, 6.07) is 7.91. The number of aromatic nitrogens is 3. The first-order valence-electron chi connectivity index (χ1n) is 5.56. The van der Waals surface area contributed by atoms with Crippen molar-refractivity contribution in [2.45, 2.75) is 6.54 Å². The predicted octanol–water partition coefficient (Wildman–Crippen LogP) is 3.73. The summed E-state index contributed by atoms with van der Waals surface area (Å²) < 4.78 is 3.98. The molecule has 5 heteroatoms. The summed E-state index contributed by atoms with van der Waals surface area (Å²) in [4.78, 5) is 4.30. The van der Waals surface area contributed by atoms with Crippen molar-refractivity contribution in [3.05, 3.63) is 52.7 Å². The number of rotatable bonds is 2. The van der Waals surface area contributed by atoms with Gasteiger partial charge in [0.25, 0.3) is 0 Å². The van der Waals surface area contributed by atoms with E-state index in [1.165, 1.54) is 0 Å². The normalized spacial score (nSPS) is 11.3. The third-order valence-electron chi connectivity index (χ3n) is 3.10. The van der Waals surface area contributed by atoms with Gasteiger partial charge in [-0.1, -0.05) is 29.3 Å². The first-order valence-corrected chi connectivity index (χ1v) is 6.32. The van der Waals surface area contributed by atoms with Crippen LogP contribution in [0.2, 0.25) is 10.2 Å². The molecule has 0 saturated carbocycles. The summed E-state index contributed by atoms with van der Waals surface area (Å²) in [6.07, 6.45) is 3.68. The maximum atomic E-state index is 6.15. The van der Waals surface area contributed by atoms with Crippen LogP contribution in [0.3, 0.4) is 0 Å². The summed E-state index contributed by atoms with van der Waals surface area (Å²) in [6.45, 7) is 0.674. The van der Waals surface area contributed by atoms with Gasteiger partial charge in [0.15, 0.2) is 0 Å². The number of hydrogen-bond acceptors (Lipinski definition) is 1. The van der Waals surface area contributed by atoms with E-state index in [2.05, 4.69) is 9.55 Å². The molecule has 0 bridgehead atoms. The zero-order valence-electron chi connectivity index (χ0n) is 9.77. The third kappa shape index (κ3) is 1.80. The molecule has 92 valence electrons. The van der Waals surface area contributed by atoms with Crippen LogP contribution >= 0.6 is 23.2 Å². The molecule has 0 aliphatic rings. The Bertz CT molecular complexity index is 712. The molecule has 3 aromatic rings. The minimum atomic E-state index is 0.638. The van der Waals surface area contributed by atoms with Crippen molar-refractivity contribution >= 4 is 34.1 Å². The van der Waals surface area contributed by atoms with Crippen LogP contribution in [0.15, 0.2) is 36.7 Å². The number of halogens is 2. The van der Waals surface area contributed by atoms with Gasteiger partial charge in [-0.05, 0) is 18.2 Å². The van der Waals surface area contributed by atoms with E-state index in [4.69, 9.17) is 23.2 Å². The molecule has 0 spiro atoms. The van der Waals surface area contributed by atoms with Gasteiger partial charge in [0.1, 0.15) is 11.0 Å². The standard InChI is InChI=1S/C13H11Cl2N3/c1-17-12(15)7-16-13(17)8-18-6-5-9-10(14)3-2-4-11(9)18/h2-7H,8H2,1H3. The molecule has 2 heterocycles. The lowest BCUT2D eigenvalue weighted by atomic mass is 10.2. The molecule has 0 aliphatic heterocycles. The van der Waals surface area contributed by atoms with Gasteiger partial charge in [0.2, 0.25) is 0 Å². The van der Waals surface area contributed by atoms with E-state index in [-0.39, 0.29) is 0 Å². The summed E-state index contributed by atoms with van der Waals surface area (Å²) in [5, 5.41) is 2.46. The van der Waals surface area contributed by atoms with Crippen LogP contribution in [0.1, 0.15) is 5.82 Å². The highest BCUT2D eigenvalue weighted by Crippen LogP contribution is 2.24. The Kier molecular flexibility index (Phi) is 2.80. The van der Waals surface area contributed by atoms with Gasteiger partial charge in [-0.15, -0.1) is 0 Å². The zero-order chi connectivity index (χ0) is 12.7. The quantitative estimate of drug-likeness (QED) is 0.701. The highest BCUT2D eigenvalue weighted by molar-refractivity contribution is 6.35. The molecule has 2 aromatic heterocycles. The Labute approximate surface area is 115 Å². The molecule has 3 rings (SSSR count). The van der Waals surface area contributed by atoms with Crippen LogP contribution in [0.4, 0.5) is 0 Å². The Morgan fingerprint density at radius 1 is 1.22 bits per heavy atom. The van der Waals surface area contributed by atoms with Crippen LogP contribution in [-0.4, -0.2) is 14.1 Å². The summed E-state index contributed by atoms with van der Waals surface area (Å²) in [7, 11) is 1.91. The van der Waals surface area contributed by atoms with Gasteiger partial charge < -0.3 is 9.13 Å². The monoisotopic (exact) mass is 279 g/mol. The molecule has 0 atom stereocenters. The maximum absolute atomic E-state index is 6.15. The molecular weight excluding hydrogens is 269 g/mol. The molecule has 0 amide bonds. The van der Waals surface area contributed by atoms with Crippen LogP contribution in [0.5, 0.6) is 0 Å². The second-order valence-electron chi connectivity index (χ2n) is 4.17. The summed E-state index contributed by atoms with van der Waals surface area (Å²) >= 11 is 12.1. The third-order valence-corrected chi connectivity index (χ3v) is 3.78. The lowest BCUT2D eigenvalue weighted by Gasteiger charge is -2.06. The topological polar surface area (TPSA) is 22.8 Å². The first kappa shape index (κ1) is 11.6. The second kappa shape index (κ2) is 4.34. The van der Waals surface area contributed by atoms with Gasteiger partial charge in [0.05, 0.1) is 12.7 Å². The smallest absolute Gasteiger partial charge is 0.129 e. The molecule has 1 aromatic carbocycles. The minimum absolute atomic E-state index is 0.638. The van der Waals surface area contributed by atoms with Crippen molar-refractivity contribution in [1.29, 1.82) is 0 Å². The number of benzene rings is 1. The van der Waals surface area contributed by atoms with E-state index >= 15 is 0 Å². The summed E-state index contributed by atoms with van der Waals surface area (Å²) in [5.41, 5.74) is 1.10. The summed E-state index contributed by atoms with van der Waals surface area (Å²) in [5.74, 6) is 0.914. The van der Waals surface area contributed by atoms with Crippen molar-refractivity contribution in [3.8, 4) is 0 Å². The average molecular weight is 280 g/mol. The molecule has 0 fully saturated rings. The number of fused-ring (bicyclic) bond motifs is 1. The molecule has 18 heavy (non-hydrogen) atoms. The molecular formula is C13H11Cl2N3. The average Bonchev–Trinajstić information content (AvgIpc) is 2.90. The van der Waals surface area contributed by atoms with Crippen LogP contribution < -0.4 is 0 Å². The van der Waals surface area contributed by atoms with Crippen molar-refractivity contribution < 1.29 is 0 Å². The Balaban J connectivity index is 2.06. The molecule has 3 nitrogen and oxygen atoms in total. The van der Waals surface area contributed by atoms with Crippen LogP contribution in [0.25, 0.3) is 10.9 Å². The number of hydrogen-bond donors (Lipinski definition) is 0. The Morgan fingerprint density at radius 3 is 2.78 bits per heavy atom. The lowest BCUT2D eigenvalue weighted by Crippen LogP contribution is -2.05. The zero-order valence-corrected chi connectivity index (χ0v) is 11.3. The van der Waals surface area contributed by atoms with Gasteiger partial charge >= 0.3 is 0 Å². The molecule has 0 radical (unpaired) electrons. The predicted molar refractivity (Wildman–Crippen MR) is 74.3 cm³/mol. The van der Waals surface area contributed by atoms with Gasteiger partial charge in [-0.25, -0.2) is 4.98 Å². The maximum Gasteiger partial charge on any atom is 0.129 e. The van der Waals surface area contributed by atoms with Crippen LogP contribution in [-0.2, 0) is 13.6 Å². The van der Waals surface area contributed by atoms with E-state index in [1.807, 2.05) is 42.1 Å². The molecule has 0 aliphatic carbocycles. The Morgan fingerprint density at radius 2 is 2.06 bits per heavy atom. The lowest BCUT2D eigenvalue weighted by molar-refractivity contribution is 0.718. The number of imidazole rings is 1. The van der Waals surface area contributed by atoms with Gasteiger partial charge in [-0.3, -0.25) is 0 Å². The largest absolute Gasteiger partial charge is 0.340 e. The Hall–Kier alpha value is -1.45.